The molecule has 0 heterocycles. The van der Waals surface area contributed by atoms with Gasteiger partial charge in [-0.1, -0.05) is 0 Å². The van der Waals surface area contributed by atoms with Gasteiger partial charge in [-0.2, -0.15) is 0 Å². The third-order valence-corrected chi connectivity index (χ3v) is 2.56. The van der Waals surface area contributed by atoms with Crippen LogP contribution in [0.3, 0.4) is 0 Å². The molecule has 0 aromatic heterocycles. The summed E-state index contributed by atoms with van der Waals surface area (Å²) in [7, 11) is 0. The van der Waals surface area contributed by atoms with Crippen LogP contribution in [0.25, 0.3) is 0 Å². The monoisotopic (exact) mass is 245 g/mol. The number of phenols is 1. The van der Waals surface area contributed by atoms with E-state index in [4.69, 9.17) is 0 Å². The topological polar surface area (TPSA) is 49.3 Å². The molecule has 1 amide bonds. The van der Waals surface area contributed by atoms with Gasteiger partial charge in [-0.15, -0.1) is 0 Å². The van der Waals surface area contributed by atoms with Crippen molar-refractivity contribution < 1.29 is 14.3 Å². The standard InChI is InChI=1S/C14H12FNO2/c1-9-8-12(17)6-7-13(9)16-14(18)10-2-4-11(15)5-3-10/h2-8,17H,1H3,(H,16,18). The number of benzene rings is 2. The van der Waals surface area contributed by atoms with Crippen molar-refractivity contribution in [1.29, 1.82) is 0 Å². The fourth-order valence-electron chi connectivity index (χ4n) is 1.58. The first kappa shape index (κ1) is 12.1. The van der Waals surface area contributed by atoms with Gasteiger partial charge in [0.25, 0.3) is 5.91 Å². The molecule has 0 radical (unpaired) electrons. The summed E-state index contributed by atoms with van der Waals surface area (Å²) < 4.78 is 12.7. The minimum Gasteiger partial charge on any atom is -0.508 e. The maximum atomic E-state index is 12.7. The normalized spacial score (nSPS) is 10.1. The molecular formula is C14H12FNO2. The fraction of sp³-hybridized carbons (Fsp3) is 0.0714. The van der Waals surface area contributed by atoms with E-state index >= 15 is 0 Å². The van der Waals surface area contributed by atoms with E-state index in [0.717, 1.165) is 5.56 Å². The van der Waals surface area contributed by atoms with Gasteiger partial charge in [-0.25, -0.2) is 4.39 Å². The molecular weight excluding hydrogens is 233 g/mol. The van der Waals surface area contributed by atoms with Crippen molar-refractivity contribution in [2.45, 2.75) is 6.92 Å². The molecule has 3 nitrogen and oxygen atoms in total. The molecule has 0 saturated heterocycles. The molecule has 2 N–H and O–H groups in total. The predicted octanol–water partition coefficient (Wildman–Crippen LogP) is 3.09. The largest absolute Gasteiger partial charge is 0.508 e. The Balaban J connectivity index is 2.18. The van der Waals surface area contributed by atoms with Gasteiger partial charge in [0.15, 0.2) is 0 Å². The lowest BCUT2D eigenvalue weighted by Crippen LogP contribution is -2.12. The first-order valence-electron chi connectivity index (χ1n) is 5.43. The van der Waals surface area contributed by atoms with Crippen LogP contribution in [-0.2, 0) is 0 Å². The lowest BCUT2D eigenvalue weighted by Gasteiger charge is -2.08. The van der Waals surface area contributed by atoms with Gasteiger partial charge in [-0.3, -0.25) is 4.79 Å². The number of amides is 1. The van der Waals surface area contributed by atoms with Gasteiger partial charge in [0.2, 0.25) is 0 Å². The predicted molar refractivity (Wildman–Crippen MR) is 67.2 cm³/mol. The zero-order valence-electron chi connectivity index (χ0n) is 9.77. The number of hydrogen-bond acceptors (Lipinski definition) is 2. The van der Waals surface area contributed by atoms with E-state index in [-0.39, 0.29) is 17.5 Å². The number of hydrogen-bond donors (Lipinski definition) is 2. The number of aromatic hydroxyl groups is 1. The average molecular weight is 245 g/mol. The number of phenolic OH excluding ortho intramolecular Hbond substituents is 1. The Bertz CT molecular complexity index is 579. The van der Waals surface area contributed by atoms with Crippen molar-refractivity contribution in [3.8, 4) is 5.75 Å². The summed E-state index contributed by atoms with van der Waals surface area (Å²) in [6.07, 6.45) is 0. The Morgan fingerprint density at radius 1 is 1.17 bits per heavy atom. The average Bonchev–Trinajstić information content (AvgIpc) is 2.33. The van der Waals surface area contributed by atoms with Crippen molar-refractivity contribution in [2.24, 2.45) is 0 Å². The number of halogens is 1. The SMILES string of the molecule is Cc1cc(O)ccc1NC(=O)c1ccc(F)cc1. The molecule has 0 bridgehead atoms. The molecule has 2 aromatic carbocycles. The van der Waals surface area contributed by atoms with Crippen LogP contribution in [-0.4, -0.2) is 11.0 Å². The van der Waals surface area contributed by atoms with Crippen LogP contribution in [0.1, 0.15) is 15.9 Å². The second-order valence-electron chi connectivity index (χ2n) is 3.96. The molecule has 0 spiro atoms. The molecule has 92 valence electrons. The van der Waals surface area contributed by atoms with Crippen molar-refractivity contribution in [3.05, 3.63) is 59.4 Å². The summed E-state index contributed by atoms with van der Waals surface area (Å²) in [5.74, 6) is -0.552. The molecule has 2 aromatic rings. The molecule has 0 aliphatic carbocycles. The van der Waals surface area contributed by atoms with Crippen LogP contribution in [0, 0.1) is 12.7 Å². The van der Waals surface area contributed by atoms with E-state index in [1.807, 2.05) is 0 Å². The van der Waals surface area contributed by atoms with Crippen molar-refractivity contribution >= 4 is 11.6 Å². The lowest BCUT2D eigenvalue weighted by atomic mass is 10.1. The van der Waals surface area contributed by atoms with Gasteiger partial charge in [0.05, 0.1) is 0 Å². The van der Waals surface area contributed by atoms with E-state index in [2.05, 4.69) is 5.32 Å². The summed E-state index contributed by atoms with van der Waals surface area (Å²) in [5.41, 5.74) is 1.75. The molecule has 0 fully saturated rings. The number of aryl methyl sites for hydroxylation is 1. The van der Waals surface area contributed by atoms with Gasteiger partial charge >= 0.3 is 0 Å². The van der Waals surface area contributed by atoms with Crippen molar-refractivity contribution in [2.75, 3.05) is 5.32 Å². The van der Waals surface area contributed by atoms with Crippen LogP contribution in [0.2, 0.25) is 0 Å². The van der Waals surface area contributed by atoms with Crippen LogP contribution in [0.5, 0.6) is 5.75 Å². The van der Waals surface area contributed by atoms with Gasteiger partial charge in [-0.05, 0) is 55.0 Å². The van der Waals surface area contributed by atoms with E-state index < -0.39 is 0 Å². The minimum absolute atomic E-state index is 0.146. The second-order valence-corrected chi connectivity index (χ2v) is 3.96. The Morgan fingerprint density at radius 2 is 1.83 bits per heavy atom. The fourth-order valence-corrected chi connectivity index (χ4v) is 1.58. The number of carbonyl (C=O) groups excluding carboxylic acids is 1. The molecule has 4 heteroatoms. The summed E-state index contributed by atoms with van der Waals surface area (Å²) in [4.78, 5) is 11.9. The minimum atomic E-state index is -0.382. The maximum absolute atomic E-state index is 12.7. The first-order valence-corrected chi connectivity index (χ1v) is 5.43. The maximum Gasteiger partial charge on any atom is 0.255 e. The molecule has 18 heavy (non-hydrogen) atoms. The van der Waals surface area contributed by atoms with Crippen LogP contribution < -0.4 is 5.32 Å². The Kier molecular flexibility index (Phi) is 3.28. The Labute approximate surface area is 104 Å². The van der Waals surface area contributed by atoms with E-state index in [1.54, 1.807) is 19.1 Å². The first-order chi connectivity index (χ1) is 8.56. The lowest BCUT2D eigenvalue weighted by molar-refractivity contribution is 0.102. The molecule has 0 saturated carbocycles. The van der Waals surface area contributed by atoms with Crippen LogP contribution >= 0.6 is 0 Å². The summed E-state index contributed by atoms with van der Waals surface area (Å²) in [6.45, 7) is 1.78. The molecule has 0 atom stereocenters. The summed E-state index contributed by atoms with van der Waals surface area (Å²) in [6, 6.07) is 9.97. The summed E-state index contributed by atoms with van der Waals surface area (Å²) in [5, 5.41) is 12.0. The van der Waals surface area contributed by atoms with Crippen molar-refractivity contribution in [3.63, 3.8) is 0 Å². The van der Waals surface area contributed by atoms with E-state index in [9.17, 15) is 14.3 Å². The molecule has 0 unspecified atom stereocenters. The third kappa shape index (κ3) is 2.66. The van der Waals surface area contributed by atoms with Gasteiger partial charge in [0.1, 0.15) is 11.6 Å². The zero-order valence-corrected chi connectivity index (χ0v) is 9.77. The van der Waals surface area contributed by atoms with Crippen LogP contribution in [0.4, 0.5) is 10.1 Å². The van der Waals surface area contributed by atoms with E-state index in [0.29, 0.717) is 11.3 Å². The highest BCUT2D eigenvalue weighted by Gasteiger charge is 2.07. The van der Waals surface area contributed by atoms with E-state index in [1.165, 1.54) is 30.3 Å². The number of anilines is 1. The highest BCUT2D eigenvalue weighted by atomic mass is 19.1. The Morgan fingerprint density at radius 3 is 2.44 bits per heavy atom. The van der Waals surface area contributed by atoms with Crippen LogP contribution in [0.15, 0.2) is 42.5 Å². The highest BCUT2D eigenvalue weighted by Crippen LogP contribution is 2.20. The van der Waals surface area contributed by atoms with Gasteiger partial charge in [0, 0.05) is 11.3 Å². The third-order valence-electron chi connectivity index (χ3n) is 2.56. The smallest absolute Gasteiger partial charge is 0.255 e. The molecule has 2 rings (SSSR count). The Hall–Kier alpha value is -2.36. The zero-order chi connectivity index (χ0) is 13.1. The second kappa shape index (κ2) is 4.87. The molecule has 0 aliphatic heterocycles. The summed E-state index contributed by atoms with van der Waals surface area (Å²) >= 11 is 0. The van der Waals surface area contributed by atoms with Gasteiger partial charge < -0.3 is 10.4 Å². The van der Waals surface area contributed by atoms with Crippen molar-refractivity contribution in [1.82, 2.24) is 0 Å². The number of nitrogens with one attached hydrogen (secondary N) is 1. The quantitative estimate of drug-likeness (QED) is 0.799. The number of rotatable bonds is 2. The molecule has 0 aliphatic rings. The highest BCUT2D eigenvalue weighted by molar-refractivity contribution is 6.04. The number of carbonyl (C=O) groups is 1.